The van der Waals surface area contributed by atoms with Crippen LogP contribution >= 0.6 is 0 Å². The van der Waals surface area contributed by atoms with Crippen LogP contribution in [0.25, 0.3) is 6.08 Å². The number of pyridine rings is 1. The Kier molecular flexibility index (Phi) is 5.41. The number of rotatable bonds is 6. The lowest BCUT2D eigenvalue weighted by atomic mass is 10.1. The molecule has 1 aliphatic rings. The maximum atomic E-state index is 11.8. The summed E-state index contributed by atoms with van der Waals surface area (Å²) in [4.78, 5) is 27.5. The van der Waals surface area contributed by atoms with Crippen LogP contribution in [0, 0.1) is 0 Å². The van der Waals surface area contributed by atoms with Gasteiger partial charge in [-0.2, -0.15) is 0 Å². The maximum absolute atomic E-state index is 11.8. The molecule has 0 saturated heterocycles. The van der Waals surface area contributed by atoms with Gasteiger partial charge >= 0.3 is 0 Å². The first-order chi connectivity index (χ1) is 12.2. The number of amides is 2. The summed E-state index contributed by atoms with van der Waals surface area (Å²) in [7, 11) is 0. The molecule has 2 N–H and O–H groups in total. The Hall–Kier alpha value is -3.15. The van der Waals surface area contributed by atoms with Crippen LogP contribution < -0.4 is 15.4 Å². The van der Waals surface area contributed by atoms with Gasteiger partial charge in [0.15, 0.2) is 0 Å². The van der Waals surface area contributed by atoms with Crippen molar-refractivity contribution < 1.29 is 14.3 Å². The molecule has 6 nitrogen and oxygen atoms in total. The van der Waals surface area contributed by atoms with Crippen molar-refractivity contribution in [1.82, 2.24) is 10.3 Å². The Bertz CT molecular complexity index is 788. The summed E-state index contributed by atoms with van der Waals surface area (Å²) in [6.45, 7) is 0.989. The highest BCUT2D eigenvalue weighted by molar-refractivity contribution is 5.93. The first-order valence-electron chi connectivity index (χ1n) is 8.12. The SMILES string of the molecule is O=C(/C=C/c1ccc2c(c1)CCO2)NCCC(=O)Nc1ccncc1. The van der Waals surface area contributed by atoms with E-state index in [1.165, 1.54) is 6.08 Å². The van der Waals surface area contributed by atoms with Gasteiger partial charge in [0, 0.05) is 43.5 Å². The second kappa shape index (κ2) is 8.10. The van der Waals surface area contributed by atoms with E-state index in [1.54, 1.807) is 30.6 Å². The van der Waals surface area contributed by atoms with E-state index in [2.05, 4.69) is 15.6 Å². The maximum Gasteiger partial charge on any atom is 0.244 e. The fraction of sp³-hybridized carbons (Fsp3) is 0.211. The summed E-state index contributed by atoms with van der Waals surface area (Å²) in [6, 6.07) is 9.27. The predicted octanol–water partition coefficient (Wildman–Crippen LogP) is 2.17. The molecule has 1 aliphatic heterocycles. The van der Waals surface area contributed by atoms with E-state index in [-0.39, 0.29) is 24.8 Å². The molecule has 128 valence electrons. The number of hydrogen-bond acceptors (Lipinski definition) is 4. The summed E-state index contributed by atoms with van der Waals surface area (Å²) in [5.74, 6) is 0.532. The Labute approximate surface area is 145 Å². The lowest BCUT2D eigenvalue weighted by molar-refractivity contribution is -0.117. The molecular weight excluding hydrogens is 318 g/mol. The fourth-order valence-electron chi connectivity index (χ4n) is 2.50. The van der Waals surface area contributed by atoms with E-state index in [1.807, 2.05) is 18.2 Å². The molecule has 0 unspecified atom stereocenters. The van der Waals surface area contributed by atoms with Crippen LogP contribution in [0.3, 0.4) is 0 Å². The van der Waals surface area contributed by atoms with Crippen LogP contribution in [0.5, 0.6) is 5.75 Å². The zero-order valence-electron chi connectivity index (χ0n) is 13.7. The van der Waals surface area contributed by atoms with Gasteiger partial charge in [-0.05, 0) is 41.5 Å². The minimum absolute atomic E-state index is 0.158. The zero-order valence-corrected chi connectivity index (χ0v) is 13.7. The minimum Gasteiger partial charge on any atom is -0.493 e. The fourth-order valence-corrected chi connectivity index (χ4v) is 2.50. The molecule has 2 aromatic rings. The third-order valence-electron chi connectivity index (χ3n) is 3.76. The summed E-state index contributed by atoms with van der Waals surface area (Å²) in [5, 5.41) is 5.44. The number of ether oxygens (including phenoxy) is 1. The molecule has 6 heteroatoms. The van der Waals surface area contributed by atoms with E-state index in [4.69, 9.17) is 4.74 Å². The van der Waals surface area contributed by atoms with Gasteiger partial charge in [-0.25, -0.2) is 0 Å². The second-order valence-electron chi connectivity index (χ2n) is 5.62. The van der Waals surface area contributed by atoms with Gasteiger partial charge in [-0.1, -0.05) is 6.07 Å². The topological polar surface area (TPSA) is 80.3 Å². The molecule has 0 atom stereocenters. The van der Waals surface area contributed by atoms with Crippen LogP contribution in [-0.2, 0) is 16.0 Å². The largest absolute Gasteiger partial charge is 0.493 e. The Balaban J connectivity index is 1.41. The van der Waals surface area contributed by atoms with Crippen molar-refractivity contribution >= 4 is 23.6 Å². The predicted molar refractivity (Wildman–Crippen MR) is 95.2 cm³/mol. The number of anilines is 1. The number of fused-ring (bicyclic) bond motifs is 1. The lowest BCUT2D eigenvalue weighted by Gasteiger charge is -2.05. The van der Waals surface area contributed by atoms with Gasteiger partial charge in [-0.3, -0.25) is 14.6 Å². The summed E-state index contributed by atoms with van der Waals surface area (Å²) >= 11 is 0. The van der Waals surface area contributed by atoms with Crippen molar-refractivity contribution in [2.45, 2.75) is 12.8 Å². The summed E-state index contributed by atoms with van der Waals surface area (Å²) < 4.78 is 5.45. The van der Waals surface area contributed by atoms with E-state index < -0.39 is 0 Å². The molecule has 0 fully saturated rings. The van der Waals surface area contributed by atoms with Crippen molar-refractivity contribution in [3.8, 4) is 5.75 Å². The van der Waals surface area contributed by atoms with Crippen LogP contribution in [0.15, 0.2) is 48.8 Å². The summed E-state index contributed by atoms with van der Waals surface area (Å²) in [6.07, 6.45) is 7.54. The molecule has 1 aromatic heterocycles. The number of nitrogens with zero attached hydrogens (tertiary/aromatic N) is 1. The molecule has 0 spiro atoms. The van der Waals surface area contributed by atoms with Gasteiger partial charge in [0.1, 0.15) is 5.75 Å². The van der Waals surface area contributed by atoms with Crippen molar-refractivity contribution in [3.05, 3.63) is 59.9 Å². The zero-order chi connectivity index (χ0) is 17.5. The molecule has 0 bridgehead atoms. The van der Waals surface area contributed by atoms with Crippen molar-refractivity contribution in [3.63, 3.8) is 0 Å². The van der Waals surface area contributed by atoms with Gasteiger partial charge in [0.05, 0.1) is 6.61 Å². The third kappa shape index (κ3) is 4.91. The van der Waals surface area contributed by atoms with Crippen LogP contribution in [0.1, 0.15) is 17.5 Å². The first-order valence-corrected chi connectivity index (χ1v) is 8.12. The Morgan fingerprint density at radius 2 is 2.04 bits per heavy atom. The van der Waals surface area contributed by atoms with Crippen LogP contribution in [-0.4, -0.2) is 29.9 Å². The standard InChI is InChI=1S/C19H19N3O3/c23-18(4-2-14-1-3-17-15(13-14)8-12-25-17)21-11-7-19(24)22-16-5-9-20-10-6-16/h1-6,9-10,13H,7-8,11-12H2,(H,21,23)(H,20,22,24)/b4-2+. The van der Waals surface area contributed by atoms with E-state index in [9.17, 15) is 9.59 Å². The molecule has 25 heavy (non-hydrogen) atoms. The highest BCUT2D eigenvalue weighted by Gasteiger charge is 2.11. The van der Waals surface area contributed by atoms with Gasteiger partial charge in [-0.15, -0.1) is 0 Å². The summed E-state index contributed by atoms with van der Waals surface area (Å²) in [5.41, 5.74) is 2.80. The smallest absolute Gasteiger partial charge is 0.244 e. The number of hydrogen-bond donors (Lipinski definition) is 2. The normalized spacial score (nSPS) is 12.5. The molecule has 0 aliphatic carbocycles. The average Bonchev–Trinajstić information content (AvgIpc) is 3.08. The quantitative estimate of drug-likeness (QED) is 0.792. The highest BCUT2D eigenvalue weighted by atomic mass is 16.5. The van der Waals surface area contributed by atoms with Crippen molar-refractivity contribution in [1.29, 1.82) is 0 Å². The number of carbonyl (C=O) groups is 2. The first kappa shape index (κ1) is 16.7. The van der Waals surface area contributed by atoms with Gasteiger partial charge < -0.3 is 15.4 Å². The third-order valence-corrected chi connectivity index (χ3v) is 3.76. The number of nitrogens with one attached hydrogen (secondary N) is 2. The second-order valence-corrected chi connectivity index (χ2v) is 5.62. The van der Waals surface area contributed by atoms with E-state index >= 15 is 0 Å². The minimum atomic E-state index is -0.228. The molecular formula is C19H19N3O3. The van der Waals surface area contributed by atoms with E-state index in [0.717, 1.165) is 23.3 Å². The number of carbonyl (C=O) groups excluding carboxylic acids is 2. The van der Waals surface area contributed by atoms with E-state index in [0.29, 0.717) is 12.3 Å². The Morgan fingerprint density at radius 1 is 1.20 bits per heavy atom. The van der Waals surface area contributed by atoms with Crippen molar-refractivity contribution in [2.24, 2.45) is 0 Å². The highest BCUT2D eigenvalue weighted by Crippen LogP contribution is 2.26. The number of benzene rings is 1. The molecule has 0 saturated carbocycles. The average molecular weight is 337 g/mol. The molecule has 2 heterocycles. The van der Waals surface area contributed by atoms with Crippen LogP contribution in [0.2, 0.25) is 0 Å². The van der Waals surface area contributed by atoms with Crippen molar-refractivity contribution in [2.75, 3.05) is 18.5 Å². The lowest BCUT2D eigenvalue weighted by Crippen LogP contribution is -2.26. The van der Waals surface area contributed by atoms with Gasteiger partial charge in [0.25, 0.3) is 0 Å². The number of aromatic nitrogens is 1. The molecule has 0 radical (unpaired) electrons. The van der Waals surface area contributed by atoms with Crippen LogP contribution in [0.4, 0.5) is 5.69 Å². The molecule has 1 aromatic carbocycles. The monoisotopic (exact) mass is 337 g/mol. The Morgan fingerprint density at radius 3 is 2.88 bits per heavy atom. The molecule has 2 amide bonds. The molecule has 3 rings (SSSR count). The van der Waals surface area contributed by atoms with Gasteiger partial charge in [0.2, 0.25) is 11.8 Å².